The van der Waals surface area contributed by atoms with Crippen LogP contribution in [0.1, 0.15) is 28.8 Å². The summed E-state index contributed by atoms with van der Waals surface area (Å²) in [4.78, 5) is 31.6. The largest absolute Gasteiger partial charge is 0.435 e. The maximum Gasteiger partial charge on any atom is 0.387 e. The minimum Gasteiger partial charge on any atom is -0.435 e. The number of nitrogens with one attached hydrogen (secondary N) is 2. The second-order valence-electron chi connectivity index (χ2n) is 8.22. The van der Waals surface area contributed by atoms with E-state index in [1.165, 1.54) is 12.1 Å². The number of para-hydroxylation sites is 1. The molecule has 1 fully saturated rings. The van der Waals surface area contributed by atoms with Gasteiger partial charge in [-0.1, -0.05) is 18.2 Å². The molecule has 0 saturated carbocycles. The van der Waals surface area contributed by atoms with Crippen LogP contribution in [0.3, 0.4) is 0 Å². The third-order valence-corrected chi connectivity index (χ3v) is 5.86. The fourth-order valence-electron chi connectivity index (χ4n) is 4.01. The predicted octanol–water partition coefficient (Wildman–Crippen LogP) is 4.60. The SMILES string of the molecule is O=C(NCc1cccnc1)C1CCN(C(=O)c2ccccc2Nc2ccc(OC(F)F)cc2)CC1. The van der Waals surface area contributed by atoms with Gasteiger partial charge in [0.25, 0.3) is 5.91 Å². The zero-order valence-electron chi connectivity index (χ0n) is 19.0. The molecule has 7 nitrogen and oxygen atoms in total. The molecule has 0 unspecified atom stereocenters. The Bertz CT molecular complexity index is 1130. The van der Waals surface area contributed by atoms with E-state index < -0.39 is 6.61 Å². The zero-order valence-corrected chi connectivity index (χ0v) is 19.0. The van der Waals surface area contributed by atoms with Crippen molar-refractivity contribution in [1.82, 2.24) is 15.2 Å². The van der Waals surface area contributed by atoms with Crippen LogP contribution in [-0.4, -0.2) is 41.4 Å². The topological polar surface area (TPSA) is 83.6 Å². The van der Waals surface area contributed by atoms with Gasteiger partial charge in [-0.2, -0.15) is 8.78 Å². The molecule has 2 N–H and O–H groups in total. The molecule has 1 saturated heterocycles. The maximum absolute atomic E-state index is 13.2. The number of hydrogen-bond acceptors (Lipinski definition) is 5. The molecule has 2 heterocycles. The highest BCUT2D eigenvalue weighted by atomic mass is 19.3. The first-order valence-electron chi connectivity index (χ1n) is 11.4. The van der Waals surface area contributed by atoms with E-state index >= 15 is 0 Å². The Balaban J connectivity index is 1.33. The number of anilines is 2. The van der Waals surface area contributed by atoms with Gasteiger partial charge in [0.05, 0.1) is 11.3 Å². The first-order valence-corrected chi connectivity index (χ1v) is 11.4. The molecule has 182 valence electrons. The first kappa shape index (κ1) is 24.1. The van der Waals surface area contributed by atoms with Crippen LogP contribution in [0.2, 0.25) is 0 Å². The van der Waals surface area contributed by atoms with E-state index in [1.54, 1.807) is 47.6 Å². The van der Waals surface area contributed by atoms with Crippen molar-refractivity contribution < 1.29 is 23.1 Å². The van der Waals surface area contributed by atoms with E-state index in [0.717, 1.165) is 5.56 Å². The van der Waals surface area contributed by atoms with Crippen LogP contribution in [0.15, 0.2) is 73.1 Å². The van der Waals surface area contributed by atoms with Crippen LogP contribution in [-0.2, 0) is 11.3 Å². The van der Waals surface area contributed by atoms with E-state index in [4.69, 9.17) is 0 Å². The molecular weight excluding hydrogens is 454 g/mol. The van der Waals surface area contributed by atoms with Gasteiger partial charge in [-0.3, -0.25) is 14.6 Å². The lowest BCUT2D eigenvalue weighted by Crippen LogP contribution is -2.43. The Morgan fingerprint density at radius 3 is 2.46 bits per heavy atom. The van der Waals surface area contributed by atoms with Crippen LogP contribution in [0, 0.1) is 5.92 Å². The summed E-state index contributed by atoms with van der Waals surface area (Å²) >= 11 is 0. The minimum atomic E-state index is -2.89. The molecule has 1 aliphatic rings. The molecule has 1 aromatic heterocycles. The van der Waals surface area contributed by atoms with E-state index in [2.05, 4.69) is 20.4 Å². The number of pyridine rings is 1. The van der Waals surface area contributed by atoms with E-state index in [-0.39, 0.29) is 23.5 Å². The van der Waals surface area contributed by atoms with Crippen LogP contribution in [0.25, 0.3) is 0 Å². The number of halogens is 2. The zero-order chi connectivity index (χ0) is 24.6. The number of aromatic nitrogens is 1. The summed E-state index contributed by atoms with van der Waals surface area (Å²) in [7, 11) is 0. The highest BCUT2D eigenvalue weighted by Gasteiger charge is 2.28. The van der Waals surface area contributed by atoms with Gasteiger partial charge >= 0.3 is 6.61 Å². The van der Waals surface area contributed by atoms with Crippen molar-refractivity contribution in [3.8, 4) is 5.75 Å². The minimum absolute atomic E-state index is 0.0118. The summed E-state index contributed by atoms with van der Waals surface area (Å²) < 4.78 is 29.1. The Kier molecular flexibility index (Phi) is 7.87. The van der Waals surface area contributed by atoms with Crippen molar-refractivity contribution in [2.75, 3.05) is 18.4 Å². The lowest BCUT2D eigenvalue weighted by Gasteiger charge is -2.32. The van der Waals surface area contributed by atoms with Crippen LogP contribution >= 0.6 is 0 Å². The number of nitrogens with zero attached hydrogens (tertiary/aromatic N) is 2. The molecule has 2 aromatic carbocycles. The summed E-state index contributed by atoms with van der Waals surface area (Å²) in [5.41, 5.74) is 2.68. The van der Waals surface area contributed by atoms with Gasteiger partial charge in [0.2, 0.25) is 5.91 Å². The predicted molar refractivity (Wildman–Crippen MR) is 128 cm³/mol. The number of amides is 2. The molecule has 4 rings (SSSR count). The van der Waals surface area contributed by atoms with Crippen molar-refractivity contribution in [2.24, 2.45) is 5.92 Å². The summed E-state index contributed by atoms with van der Waals surface area (Å²) in [6, 6.07) is 16.9. The van der Waals surface area contributed by atoms with Gasteiger partial charge in [-0.15, -0.1) is 0 Å². The quantitative estimate of drug-likeness (QED) is 0.493. The van der Waals surface area contributed by atoms with Gasteiger partial charge < -0.3 is 20.3 Å². The number of ether oxygens (including phenoxy) is 1. The summed E-state index contributed by atoms with van der Waals surface area (Å²) in [5.74, 6) is -0.220. The normalized spacial score (nSPS) is 14.0. The Morgan fingerprint density at radius 1 is 1.03 bits per heavy atom. The Hall–Kier alpha value is -4.01. The molecular formula is C26H26F2N4O3. The molecule has 1 aliphatic heterocycles. The highest BCUT2D eigenvalue weighted by Crippen LogP contribution is 2.26. The van der Waals surface area contributed by atoms with E-state index in [9.17, 15) is 18.4 Å². The van der Waals surface area contributed by atoms with E-state index in [1.807, 2.05) is 18.2 Å². The summed E-state index contributed by atoms with van der Waals surface area (Å²) in [6.45, 7) is -1.49. The van der Waals surface area contributed by atoms with Crippen molar-refractivity contribution >= 4 is 23.2 Å². The van der Waals surface area contributed by atoms with Gasteiger partial charge in [-0.25, -0.2) is 0 Å². The number of carbonyl (C=O) groups is 2. The number of piperidine rings is 1. The number of hydrogen-bond donors (Lipinski definition) is 2. The molecule has 0 radical (unpaired) electrons. The number of likely N-dealkylation sites (tertiary alicyclic amines) is 1. The third kappa shape index (κ3) is 6.53. The summed E-state index contributed by atoms with van der Waals surface area (Å²) in [6.07, 6.45) is 4.59. The Labute approximate surface area is 202 Å². The maximum atomic E-state index is 13.2. The van der Waals surface area contributed by atoms with Gasteiger partial charge in [0, 0.05) is 43.6 Å². The van der Waals surface area contributed by atoms with Crippen molar-refractivity contribution in [3.05, 3.63) is 84.2 Å². The molecule has 3 aromatic rings. The number of benzene rings is 2. The first-order chi connectivity index (χ1) is 17.0. The number of carbonyl (C=O) groups excluding carboxylic acids is 2. The van der Waals surface area contributed by atoms with Crippen molar-refractivity contribution in [1.29, 1.82) is 0 Å². The van der Waals surface area contributed by atoms with E-state index in [0.29, 0.717) is 49.4 Å². The molecule has 0 bridgehead atoms. The van der Waals surface area contributed by atoms with Gasteiger partial charge in [-0.05, 0) is 60.9 Å². The number of alkyl halides is 2. The van der Waals surface area contributed by atoms with Crippen LogP contribution in [0.5, 0.6) is 5.75 Å². The smallest absolute Gasteiger partial charge is 0.387 e. The second-order valence-corrected chi connectivity index (χ2v) is 8.22. The van der Waals surface area contributed by atoms with Crippen molar-refractivity contribution in [3.63, 3.8) is 0 Å². The van der Waals surface area contributed by atoms with Crippen LogP contribution in [0.4, 0.5) is 20.2 Å². The van der Waals surface area contributed by atoms with Gasteiger partial charge in [0.15, 0.2) is 0 Å². The van der Waals surface area contributed by atoms with Crippen molar-refractivity contribution in [2.45, 2.75) is 26.0 Å². The van der Waals surface area contributed by atoms with Crippen LogP contribution < -0.4 is 15.4 Å². The summed E-state index contributed by atoms with van der Waals surface area (Å²) in [5, 5.41) is 6.12. The fraction of sp³-hybridized carbons (Fsp3) is 0.269. The molecule has 0 spiro atoms. The lowest BCUT2D eigenvalue weighted by atomic mass is 9.95. The highest BCUT2D eigenvalue weighted by molar-refractivity contribution is 6.00. The molecule has 9 heteroatoms. The molecule has 0 atom stereocenters. The fourth-order valence-corrected chi connectivity index (χ4v) is 4.01. The monoisotopic (exact) mass is 480 g/mol. The van der Waals surface area contributed by atoms with Gasteiger partial charge in [0.1, 0.15) is 5.75 Å². The lowest BCUT2D eigenvalue weighted by molar-refractivity contribution is -0.126. The Morgan fingerprint density at radius 2 is 1.77 bits per heavy atom. The molecule has 0 aliphatic carbocycles. The average Bonchev–Trinajstić information content (AvgIpc) is 2.89. The third-order valence-electron chi connectivity index (χ3n) is 5.86. The number of rotatable bonds is 8. The second kappa shape index (κ2) is 11.4. The molecule has 35 heavy (non-hydrogen) atoms. The average molecular weight is 481 g/mol. The standard InChI is InChI=1S/C26H26F2N4O3/c27-26(28)35-21-9-7-20(8-10-21)31-23-6-2-1-5-22(23)25(34)32-14-11-19(12-15-32)24(33)30-17-18-4-3-13-29-16-18/h1-10,13,16,19,26,31H,11-12,14-15,17H2,(H,30,33). The molecule has 2 amide bonds.